The molecule has 0 N–H and O–H groups in total. The van der Waals surface area contributed by atoms with Gasteiger partial charge in [-0.3, -0.25) is 4.68 Å². The Labute approximate surface area is 90.7 Å². The summed E-state index contributed by atoms with van der Waals surface area (Å²) in [4.78, 5) is 0. The Morgan fingerprint density at radius 3 is 2.73 bits per heavy atom. The third-order valence-corrected chi connectivity index (χ3v) is 3.34. The van der Waals surface area contributed by atoms with Gasteiger partial charge in [-0.05, 0) is 18.9 Å². The minimum Gasteiger partial charge on any atom is -0.276 e. The Morgan fingerprint density at radius 1 is 1.47 bits per heavy atom. The van der Waals surface area contributed by atoms with E-state index in [4.69, 9.17) is 0 Å². The van der Waals surface area contributed by atoms with Gasteiger partial charge in [-0.2, -0.15) is 10.4 Å². The molecule has 0 radical (unpaired) electrons. The Morgan fingerprint density at radius 2 is 2.20 bits per heavy atom. The first kappa shape index (κ1) is 10.2. The predicted octanol–water partition coefficient (Wildman–Crippen LogP) is 2.44. The first-order chi connectivity index (χ1) is 7.24. The number of hydrogen-bond donors (Lipinski definition) is 0. The van der Waals surface area contributed by atoms with E-state index in [0.29, 0.717) is 0 Å². The van der Waals surface area contributed by atoms with Gasteiger partial charge in [0.2, 0.25) is 0 Å². The molecule has 3 heteroatoms. The van der Waals surface area contributed by atoms with Gasteiger partial charge in [0.15, 0.2) is 0 Å². The summed E-state index contributed by atoms with van der Waals surface area (Å²) in [5, 5.41) is 13.7. The molecule has 0 atom stereocenters. The Kier molecular flexibility index (Phi) is 2.77. The van der Waals surface area contributed by atoms with Crippen LogP contribution in [0.5, 0.6) is 0 Å². The van der Waals surface area contributed by atoms with Crippen LogP contribution in [0, 0.1) is 16.7 Å². The fourth-order valence-electron chi connectivity index (χ4n) is 2.46. The van der Waals surface area contributed by atoms with Crippen molar-refractivity contribution in [2.75, 3.05) is 0 Å². The van der Waals surface area contributed by atoms with Crippen LogP contribution in [-0.4, -0.2) is 9.78 Å². The molecule has 2 rings (SSSR count). The summed E-state index contributed by atoms with van der Waals surface area (Å²) in [6.07, 6.45) is 8.53. The van der Waals surface area contributed by atoms with Crippen LogP contribution in [0.1, 0.15) is 37.8 Å². The van der Waals surface area contributed by atoms with Gasteiger partial charge in [0, 0.05) is 19.7 Å². The van der Waals surface area contributed by atoms with Gasteiger partial charge in [0.25, 0.3) is 0 Å². The van der Waals surface area contributed by atoms with Crippen molar-refractivity contribution >= 4 is 0 Å². The normalized spacial score (nSPS) is 19.7. The van der Waals surface area contributed by atoms with Crippen LogP contribution < -0.4 is 0 Å². The van der Waals surface area contributed by atoms with Gasteiger partial charge in [0.1, 0.15) is 0 Å². The highest BCUT2D eigenvalue weighted by Crippen LogP contribution is 2.38. The second-order valence-electron chi connectivity index (χ2n) is 4.61. The van der Waals surface area contributed by atoms with Crippen molar-refractivity contribution in [2.45, 2.75) is 38.5 Å². The zero-order chi connectivity index (χ0) is 10.7. The van der Waals surface area contributed by atoms with Crippen LogP contribution in [0.15, 0.2) is 12.3 Å². The molecular formula is C12H17N3. The number of nitrogens with zero attached hydrogens (tertiary/aromatic N) is 3. The maximum atomic E-state index is 9.33. The average Bonchev–Trinajstić information content (AvgIpc) is 2.65. The molecule has 0 bridgehead atoms. The first-order valence-electron chi connectivity index (χ1n) is 5.64. The molecule has 0 aliphatic heterocycles. The van der Waals surface area contributed by atoms with E-state index in [1.54, 1.807) is 0 Å². The smallest absolute Gasteiger partial charge is 0.0693 e. The number of hydrogen-bond acceptors (Lipinski definition) is 2. The second-order valence-corrected chi connectivity index (χ2v) is 4.61. The largest absolute Gasteiger partial charge is 0.276 e. The molecule has 15 heavy (non-hydrogen) atoms. The highest BCUT2D eigenvalue weighted by Gasteiger charge is 2.32. The van der Waals surface area contributed by atoms with E-state index in [9.17, 15) is 5.26 Å². The van der Waals surface area contributed by atoms with Crippen LogP contribution in [0.3, 0.4) is 0 Å². The molecule has 1 aliphatic rings. The molecule has 1 aromatic rings. The Balaban J connectivity index is 2.11. The van der Waals surface area contributed by atoms with E-state index in [1.807, 2.05) is 24.0 Å². The quantitative estimate of drug-likeness (QED) is 0.740. The van der Waals surface area contributed by atoms with Crippen molar-refractivity contribution < 1.29 is 0 Å². The summed E-state index contributed by atoms with van der Waals surface area (Å²) in [5.74, 6) is 0. The molecule has 1 saturated carbocycles. The molecule has 1 aromatic heterocycles. The molecule has 0 saturated heterocycles. The second kappa shape index (κ2) is 4.06. The third kappa shape index (κ3) is 2.20. The summed E-state index contributed by atoms with van der Waals surface area (Å²) >= 11 is 0. The van der Waals surface area contributed by atoms with Crippen molar-refractivity contribution in [3.05, 3.63) is 18.0 Å². The number of aryl methyl sites for hydroxylation is 1. The average molecular weight is 203 g/mol. The van der Waals surface area contributed by atoms with Gasteiger partial charge in [-0.15, -0.1) is 0 Å². The van der Waals surface area contributed by atoms with Crippen molar-refractivity contribution in [3.63, 3.8) is 0 Å². The Hall–Kier alpha value is -1.30. The summed E-state index contributed by atoms with van der Waals surface area (Å²) in [6, 6.07) is 4.55. The fraction of sp³-hybridized carbons (Fsp3) is 0.667. The van der Waals surface area contributed by atoms with Crippen LogP contribution in [0.25, 0.3) is 0 Å². The van der Waals surface area contributed by atoms with Crippen molar-refractivity contribution in [3.8, 4) is 6.07 Å². The van der Waals surface area contributed by atoms with E-state index in [1.165, 1.54) is 19.3 Å². The summed E-state index contributed by atoms with van der Waals surface area (Å²) in [6.45, 7) is 0. The lowest BCUT2D eigenvalue weighted by Crippen LogP contribution is -2.25. The zero-order valence-electron chi connectivity index (χ0n) is 9.24. The van der Waals surface area contributed by atoms with Crippen LogP contribution in [0.4, 0.5) is 0 Å². The number of aromatic nitrogens is 2. The zero-order valence-corrected chi connectivity index (χ0v) is 9.24. The maximum Gasteiger partial charge on any atom is 0.0693 e. The van der Waals surface area contributed by atoms with Gasteiger partial charge < -0.3 is 0 Å². The number of rotatable bonds is 2. The predicted molar refractivity (Wildman–Crippen MR) is 58.0 cm³/mol. The number of nitriles is 1. The van der Waals surface area contributed by atoms with Crippen LogP contribution in [-0.2, 0) is 13.5 Å². The van der Waals surface area contributed by atoms with Crippen molar-refractivity contribution in [1.82, 2.24) is 9.78 Å². The Bertz CT molecular complexity index is 366. The standard InChI is InChI=1S/C12H17N3/c1-15-8-5-11(14-15)9-12(10-13)6-3-2-4-7-12/h5,8H,2-4,6-7,9H2,1H3. The first-order valence-corrected chi connectivity index (χ1v) is 5.64. The molecule has 0 unspecified atom stereocenters. The lowest BCUT2D eigenvalue weighted by Gasteiger charge is -2.29. The fourth-order valence-corrected chi connectivity index (χ4v) is 2.46. The summed E-state index contributed by atoms with van der Waals surface area (Å²) in [7, 11) is 1.92. The van der Waals surface area contributed by atoms with Crippen LogP contribution in [0.2, 0.25) is 0 Å². The summed E-state index contributed by atoms with van der Waals surface area (Å²) in [5.41, 5.74) is 0.924. The highest BCUT2D eigenvalue weighted by molar-refractivity contribution is 5.10. The minimum atomic E-state index is -0.132. The molecular weight excluding hydrogens is 186 g/mol. The van der Waals surface area contributed by atoms with E-state index in [0.717, 1.165) is 25.0 Å². The molecule has 1 fully saturated rings. The molecule has 3 nitrogen and oxygen atoms in total. The molecule has 1 aliphatic carbocycles. The van der Waals surface area contributed by atoms with Gasteiger partial charge in [0.05, 0.1) is 17.2 Å². The van der Waals surface area contributed by atoms with Gasteiger partial charge >= 0.3 is 0 Å². The van der Waals surface area contributed by atoms with Gasteiger partial charge in [-0.25, -0.2) is 0 Å². The molecule has 0 spiro atoms. The lowest BCUT2D eigenvalue weighted by atomic mass is 9.72. The van der Waals surface area contributed by atoms with Crippen molar-refractivity contribution in [2.24, 2.45) is 12.5 Å². The van der Waals surface area contributed by atoms with Crippen molar-refractivity contribution in [1.29, 1.82) is 5.26 Å². The SMILES string of the molecule is Cn1ccc(CC2(C#N)CCCCC2)n1. The van der Waals surface area contributed by atoms with E-state index in [-0.39, 0.29) is 5.41 Å². The van der Waals surface area contributed by atoms with E-state index < -0.39 is 0 Å². The van der Waals surface area contributed by atoms with Gasteiger partial charge in [-0.1, -0.05) is 19.3 Å². The monoisotopic (exact) mass is 203 g/mol. The third-order valence-electron chi connectivity index (χ3n) is 3.34. The molecule has 1 heterocycles. The topological polar surface area (TPSA) is 41.6 Å². The van der Waals surface area contributed by atoms with E-state index in [2.05, 4.69) is 11.2 Å². The molecule has 80 valence electrons. The van der Waals surface area contributed by atoms with Crippen LogP contribution >= 0.6 is 0 Å². The molecule has 0 amide bonds. The minimum absolute atomic E-state index is 0.132. The van der Waals surface area contributed by atoms with E-state index >= 15 is 0 Å². The maximum absolute atomic E-state index is 9.33. The molecule has 0 aromatic carbocycles. The summed E-state index contributed by atoms with van der Waals surface area (Å²) < 4.78 is 1.81. The lowest BCUT2D eigenvalue weighted by molar-refractivity contribution is 0.263. The highest BCUT2D eigenvalue weighted by atomic mass is 15.2.